The van der Waals surface area contributed by atoms with Crippen molar-refractivity contribution in [2.75, 3.05) is 12.9 Å². The molecule has 3 aromatic rings. The molecule has 1 aliphatic heterocycles. The summed E-state index contributed by atoms with van der Waals surface area (Å²) in [6.07, 6.45) is 3.45. The first-order valence-corrected chi connectivity index (χ1v) is 12.9. The minimum absolute atomic E-state index is 0.0184. The molecule has 1 aromatic heterocycles. The highest BCUT2D eigenvalue weighted by molar-refractivity contribution is 7.96. The first-order valence-electron chi connectivity index (χ1n) is 9.65. The van der Waals surface area contributed by atoms with Gasteiger partial charge in [0.05, 0.1) is 22.7 Å². The van der Waals surface area contributed by atoms with Crippen LogP contribution in [0.4, 0.5) is 0 Å². The fourth-order valence-corrected chi connectivity index (χ4v) is 8.15. The minimum Gasteiger partial charge on any atom is -0.496 e. The SMILES string of the molecule is COc1c(CNCc2cccnc2)ccc2c1C(S(=O)(=O)c1ccccc1)CS2(=O)=O. The number of ether oxygens (including phenoxy) is 1. The average Bonchev–Trinajstić information content (AvgIpc) is 3.06. The van der Waals surface area contributed by atoms with Gasteiger partial charge < -0.3 is 10.1 Å². The lowest BCUT2D eigenvalue weighted by Gasteiger charge is -2.18. The van der Waals surface area contributed by atoms with E-state index in [1.165, 1.54) is 25.3 Å². The number of aromatic nitrogens is 1. The summed E-state index contributed by atoms with van der Waals surface area (Å²) in [4.78, 5) is 4.18. The first-order chi connectivity index (χ1) is 14.8. The maximum absolute atomic E-state index is 13.3. The van der Waals surface area contributed by atoms with Crippen LogP contribution >= 0.6 is 0 Å². The van der Waals surface area contributed by atoms with E-state index in [2.05, 4.69) is 10.3 Å². The Labute approximate surface area is 181 Å². The molecule has 162 valence electrons. The molecule has 1 N–H and O–H groups in total. The van der Waals surface area contributed by atoms with Gasteiger partial charge in [0.15, 0.2) is 19.7 Å². The second-order valence-corrected chi connectivity index (χ2v) is 11.4. The predicted molar refractivity (Wildman–Crippen MR) is 116 cm³/mol. The zero-order valence-electron chi connectivity index (χ0n) is 16.9. The lowest BCUT2D eigenvalue weighted by molar-refractivity contribution is 0.401. The van der Waals surface area contributed by atoms with Crippen LogP contribution in [0.5, 0.6) is 5.75 Å². The highest BCUT2D eigenvalue weighted by Gasteiger charge is 2.45. The molecular formula is C22H22N2O5S2. The van der Waals surface area contributed by atoms with Crippen molar-refractivity contribution in [2.45, 2.75) is 28.1 Å². The van der Waals surface area contributed by atoms with Crippen molar-refractivity contribution >= 4 is 19.7 Å². The fraction of sp³-hybridized carbons (Fsp3) is 0.227. The molecule has 31 heavy (non-hydrogen) atoms. The summed E-state index contributed by atoms with van der Waals surface area (Å²) in [6.45, 7) is 0.932. The smallest absolute Gasteiger partial charge is 0.186 e. The summed E-state index contributed by atoms with van der Waals surface area (Å²) in [5.74, 6) is -0.204. The lowest BCUT2D eigenvalue weighted by atomic mass is 10.1. The van der Waals surface area contributed by atoms with Crippen molar-refractivity contribution < 1.29 is 21.6 Å². The van der Waals surface area contributed by atoms with Gasteiger partial charge in [-0.15, -0.1) is 0 Å². The summed E-state index contributed by atoms with van der Waals surface area (Å²) in [6, 6.07) is 14.8. The molecule has 7 nitrogen and oxygen atoms in total. The van der Waals surface area contributed by atoms with Crippen LogP contribution in [0.3, 0.4) is 0 Å². The summed E-state index contributed by atoms with van der Waals surface area (Å²) >= 11 is 0. The number of methoxy groups -OCH3 is 1. The van der Waals surface area contributed by atoms with Crippen molar-refractivity contribution in [3.63, 3.8) is 0 Å². The molecule has 2 heterocycles. The summed E-state index contributed by atoms with van der Waals surface area (Å²) in [5, 5.41) is 2.05. The molecular weight excluding hydrogens is 436 g/mol. The number of rotatable bonds is 7. The van der Waals surface area contributed by atoms with Gasteiger partial charge in [-0.3, -0.25) is 4.98 Å². The van der Waals surface area contributed by atoms with Gasteiger partial charge in [0.1, 0.15) is 11.0 Å². The van der Waals surface area contributed by atoms with Crippen LogP contribution in [0, 0.1) is 0 Å². The zero-order valence-corrected chi connectivity index (χ0v) is 18.5. The Bertz CT molecular complexity index is 1290. The van der Waals surface area contributed by atoms with Gasteiger partial charge in [-0.1, -0.05) is 30.3 Å². The van der Waals surface area contributed by atoms with Crippen LogP contribution in [-0.2, 0) is 32.8 Å². The lowest BCUT2D eigenvalue weighted by Crippen LogP contribution is -2.17. The first kappa shape index (κ1) is 21.5. The predicted octanol–water partition coefficient (Wildman–Crippen LogP) is 2.68. The Morgan fingerprint density at radius 2 is 1.84 bits per heavy atom. The van der Waals surface area contributed by atoms with E-state index in [1.807, 2.05) is 12.1 Å². The minimum atomic E-state index is -3.92. The van der Waals surface area contributed by atoms with Crippen LogP contribution in [0.25, 0.3) is 0 Å². The molecule has 1 atom stereocenters. The van der Waals surface area contributed by atoms with Crippen LogP contribution in [0.15, 0.2) is 76.8 Å². The zero-order chi connectivity index (χ0) is 22.1. The Morgan fingerprint density at radius 3 is 2.52 bits per heavy atom. The van der Waals surface area contributed by atoms with Crippen molar-refractivity contribution in [1.82, 2.24) is 10.3 Å². The highest BCUT2D eigenvalue weighted by atomic mass is 32.2. The van der Waals surface area contributed by atoms with Gasteiger partial charge in [0.2, 0.25) is 0 Å². The van der Waals surface area contributed by atoms with E-state index < -0.39 is 30.7 Å². The van der Waals surface area contributed by atoms with Gasteiger partial charge in [-0.05, 0) is 29.8 Å². The number of pyridine rings is 1. The van der Waals surface area contributed by atoms with E-state index in [0.717, 1.165) is 5.56 Å². The molecule has 0 saturated heterocycles. The number of hydrogen-bond donors (Lipinski definition) is 1. The van der Waals surface area contributed by atoms with E-state index in [4.69, 9.17) is 4.74 Å². The Hall–Kier alpha value is -2.75. The molecule has 0 fully saturated rings. The van der Waals surface area contributed by atoms with Crippen LogP contribution in [0.2, 0.25) is 0 Å². The second kappa shape index (κ2) is 8.41. The van der Waals surface area contributed by atoms with Crippen molar-refractivity contribution in [3.05, 3.63) is 83.7 Å². The molecule has 0 radical (unpaired) electrons. The molecule has 1 aliphatic rings. The summed E-state index contributed by atoms with van der Waals surface area (Å²) < 4.78 is 57.8. The number of nitrogens with zero attached hydrogens (tertiary/aromatic N) is 1. The third-order valence-electron chi connectivity index (χ3n) is 5.28. The normalized spacial score (nSPS) is 17.3. The molecule has 0 saturated carbocycles. The largest absolute Gasteiger partial charge is 0.496 e. The number of fused-ring (bicyclic) bond motifs is 1. The molecule has 2 aromatic carbocycles. The number of hydrogen-bond acceptors (Lipinski definition) is 7. The van der Waals surface area contributed by atoms with Crippen LogP contribution in [-0.4, -0.2) is 34.7 Å². The molecule has 0 bridgehead atoms. The Balaban J connectivity index is 1.72. The van der Waals surface area contributed by atoms with E-state index in [0.29, 0.717) is 24.4 Å². The van der Waals surface area contributed by atoms with Crippen LogP contribution in [0.1, 0.15) is 21.9 Å². The van der Waals surface area contributed by atoms with E-state index in [1.54, 1.807) is 36.7 Å². The maximum atomic E-state index is 13.3. The average molecular weight is 459 g/mol. The number of nitrogens with one attached hydrogen (secondary N) is 1. The Kier molecular flexibility index (Phi) is 5.83. The topological polar surface area (TPSA) is 102 Å². The quantitative estimate of drug-likeness (QED) is 0.581. The molecule has 0 amide bonds. The standard InChI is InChI=1S/C22H22N2O5S2/c1-29-22-17(14-24-13-16-6-5-11-23-12-16)9-10-19-21(22)20(15-30(19,25)26)31(27,28)18-7-3-2-4-8-18/h2-12,20,24H,13-15H2,1H3. The Morgan fingerprint density at radius 1 is 1.06 bits per heavy atom. The van der Waals surface area contributed by atoms with Gasteiger partial charge in [-0.2, -0.15) is 0 Å². The van der Waals surface area contributed by atoms with E-state index >= 15 is 0 Å². The van der Waals surface area contributed by atoms with Crippen molar-refractivity contribution in [2.24, 2.45) is 0 Å². The van der Waals surface area contributed by atoms with Gasteiger partial charge in [0.25, 0.3) is 0 Å². The van der Waals surface area contributed by atoms with Gasteiger partial charge in [0, 0.05) is 36.6 Å². The molecule has 9 heteroatoms. The third-order valence-corrected chi connectivity index (χ3v) is 9.37. The monoisotopic (exact) mass is 458 g/mol. The second-order valence-electron chi connectivity index (χ2n) is 7.26. The van der Waals surface area contributed by atoms with Crippen LogP contribution < -0.4 is 10.1 Å². The van der Waals surface area contributed by atoms with Gasteiger partial charge >= 0.3 is 0 Å². The highest BCUT2D eigenvalue weighted by Crippen LogP contribution is 2.47. The molecule has 0 spiro atoms. The summed E-state index contributed by atoms with van der Waals surface area (Å²) in [7, 11) is -6.24. The van der Waals surface area contributed by atoms with E-state index in [-0.39, 0.29) is 15.4 Å². The third kappa shape index (κ3) is 4.08. The van der Waals surface area contributed by atoms with E-state index in [9.17, 15) is 16.8 Å². The van der Waals surface area contributed by atoms with Gasteiger partial charge in [-0.25, -0.2) is 16.8 Å². The number of sulfone groups is 2. The maximum Gasteiger partial charge on any atom is 0.186 e. The molecule has 4 rings (SSSR count). The molecule has 1 unspecified atom stereocenters. The van der Waals surface area contributed by atoms with Crippen molar-refractivity contribution in [3.8, 4) is 5.75 Å². The number of benzene rings is 2. The fourth-order valence-electron chi connectivity index (χ4n) is 3.82. The molecule has 0 aliphatic carbocycles. The summed E-state index contributed by atoms with van der Waals surface area (Å²) in [5.41, 5.74) is 1.90. The van der Waals surface area contributed by atoms with Crippen molar-refractivity contribution in [1.29, 1.82) is 0 Å².